The lowest BCUT2D eigenvalue weighted by Crippen LogP contribution is -2.47. The van der Waals surface area contributed by atoms with Crippen LogP contribution >= 0.6 is 0 Å². The summed E-state index contributed by atoms with van der Waals surface area (Å²) >= 11 is 0. The summed E-state index contributed by atoms with van der Waals surface area (Å²) in [4.78, 5) is 10.6. The lowest BCUT2D eigenvalue weighted by Gasteiger charge is -2.41. The van der Waals surface area contributed by atoms with Crippen molar-refractivity contribution in [3.63, 3.8) is 0 Å². The van der Waals surface area contributed by atoms with Crippen molar-refractivity contribution in [3.8, 4) is 0 Å². The molecule has 0 aromatic rings. The fraction of sp³-hybridized carbons (Fsp3) is 0.900. The monoisotopic (exact) mass is 186 g/mol. The van der Waals surface area contributed by atoms with Gasteiger partial charge in [-0.1, -0.05) is 13.8 Å². The summed E-state index contributed by atoms with van der Waals surface area (Å²) in [6.07, 6.45) is 0.934. The number of hydrogen-bond acceptors (Lipinski definition) is 3. The number of carbonyl (C=O) groups excluding carboxylic acids is 1. The Kier molecular flexibility index (Phi) is 3.09. The lowest BCUT2D eigenvalue weighted by molar-refractivity contribution is -0.296. The summed E-state index contributed by atoms with van der Waals surface area (Å²) in [5.41, 5.74) is 0. The van der Waals surface area contributed by atoms with E-state index in [0.717, 1.165) is 6.29 Å². The summed E-state index contributed by atoms with van der Waals surface area (Å²) in [7, 11) is 0. The van der Waals surface area contributed by atoms with Gasteiger partial charge in [0.15, 0.2) is 5.79 Å². The van der Waals surface area contributed by atoms with Gasteiger partial charge in [-0.2, -0.15) is 0 Å². The second kappa shape index (κ2) is 3.76. The molecule has 76 valence electrons. The van der Waals surface area contributed by atoms with Crippen LogP contribution in [0.15, 0.2) is 0 Å². The molecular formula is C10H18O3. The maximum Gasteiger partial charge on any atom is 0.163 e. The zero-order valence-corrected chi connectivity index (χ0v) is 8.74. The Bertz CT molecular complexity index is 189. The van der Waals surface area contributed by atoms with E-state index in [1.165, 1.54) is 0 Å². The van der Waals surface area contributed by atoms with Gasteiger partial charge in [0.1, 0.15) is 6.29 Å². The Morgan fingerprint density at radius 1 is 1.54 bits per heavy atom. The van der Waals surface area contributed by atoms with Crippen molar-refractivity contribution in [2.75, 3.05) is 6.61 Å². The molecule has 2 unspecified atom stereocenters. The van der Waals surface area contributed by atoms with Gasteiger partial charge in [-0.05, 0) is 13.8 Å². The maximum atomic E-state index is 10.6. The van der Waals surface area contributed by atoms with Gasteiger partial charge in [0.25, 0.3) is 0 Å². The highest BCUT2D eigenvalue weighted by atomic mass is 16.7. The minimum atomic E-state index is -0.547. The Hall–Kier alpha value is -0.410. The fourth-order valence-corrected chi connectivity index (χ4v) is 1.61. The van der Waals surface area contributed by atoms with Crippen LogP contribution in [0.3, 0.4) is 0 Å². The lowest BCUT2D eigenvalue weighted by atomic mass is 9.93. The Labute approximate surface area is 79.4 Å². The van der Waals surface area contributed by atoms with Crippen molar-refractivity contribution in [2.45, 2.75) is 39.6 Å². The highest BCUT2D eigenvalue weighted by Gasteiger charge is 2.36. The van der Waals surface area contributed by atoms with Crippen LogP contribution in [0.2, 0.25) is 0 Å². The van der Waals surface area contributed by atoms with Crippen LogP contribution in [0.25, 0.3) is 0 Å². The third-order valence-electron chi connectivity index (χ3n) is 2.41. The van der Waals surface area contributed by atoms with E-state index in [1.54, 1.807) is 0 Å². The van der Waals surface area contributed by atoms with Crippen LogP contribution in [0.5, 0.6) is 0 Å². The smallest absolute Gasteiger partial charge is 0.163 e. The zero-order chi connectivity index (χ0) is 10.1. The summed E-state index contributed by atoms with van der Waals surface area (Å²) in [5, 5.41) is 0. The molecule has 0 spiro atoms. The molecule has 3 heteroatoms. The Balaban J connectivity index is 2.65. The first-order valence-corrected chi connectivity index (χ1v) is 4.73. The third kappa shape index (κ3) is 2.51. The van der Waals surface area contributed by atoms with E-state index >= 15 is 0 Å². The molecular weight excluding hydrogens is 168 g/mol. The summed E-state index contributed by atoms with van der Waals surface area (Å²) in [6, 6.07) is 0. The predicted octanol–water partition coefficient (Wildman–Crippen LogP) is 1.61. The molecule has 1 fully saturated rings. The van der Waals surface area contributed by atoms with Crippen molar-refractivity contribution >= 4 is 6.29 Å². The van der Waals surface area contributed by atoms with Crippen LogP contribution < -0.4 is 0 Å². The molecule has 3 nitrogen and oxygen atoms in total. The van der Waals surface area contributed by atoms with Crippen LogP contribution in [0.4, 0.5) is 0 Å². The fourth-order valence-electron chi connectivity index (χ4n) is 1.61. The number of carbonyl (C=O) groups is 1. The molecule has 0 saturated carbocycles. The van der Waals surface area contributed by atoms with Gasteiger partial charge in [-0.15, -0.1) is 0 Å². The van der Waals surface area contributed by atoms with E-state index < -0.39 is 5.79 Å². The van der Waals surface area contributed by atoms with Gasteiger partial charge < -0.3 is 14.3 Å². The average Bonchev–Trinajstić information content (AvgIpc) is 2.08. The van der Waals surface area contributed by atoms with Gasteiger partial charge in [-0.3, -0.25) is 0 Å². The molecule has 0 amide bonds. The average molecular weight is 186 g/mol. The number of ether oxygens (including phenoxy) is 2. The van der Waals surface area contributed by atoms with E-state index in [-0.39, 0.29) is 17.9 Å². The molecule has 0 aromatic heterocycles. The van der Waals surface area contributed by atoms with Crippen LogP contribution in [0, 0.1) is 11.8 Å². The highest BCUT2D eigenvalue weighted by molar-refractivity contribution is 5.53. The topological polar surface area (TPSA) is 35.5 Å². The molecule has 1 aliphatic heterocycles. The van der Waals surface area contributed by atoms with Crippen LogP contribution in [0.1, 0.15) is 27.7 Å². The minimum Gasteiger partial charge on any atom is -0.350 e. The molecule has 0 radical (unpaired) electrons. The van der Waals surface area contributed by atoms with E-state index in [2.05, 4.69) is 0 Å². The zero-order valence-electron chi connectivity index (χ0n) is 8.74. The first kappa shape index (κ1) is 10.7. The Morgan fingerprint density at radius 3 is 2.69 bits per heavy atom. The Morgan fingerprint density at radius 2 is 2.15 bits per heavy atom. The molecule has 1 saturated heterocycles. The second-order valence-electron chi connectivity index (χ2n) is 4.27. The molecule has 0 bridgehead atoms. The molecule has 1 heterocycles. The predicted molar refractivity (Wildman–Crippen MR) is 49.3 cm³/mol. The van der Waals surface area contributed by atoms with Crippen molar-refractivity contribution in [3.05, 3.63) is 0 Å². The summed E-state index contributed by atoms with van der Waals surface area (Å²) < 4.78 is 11.1. The second-order valence-corrected chi connectivity index (χ2v) is 4.27. The van der Waals surface area contributed by atoms with Gasteiger partial charge in [0.2, 0.25) is 0 Å². The summed E-state index contributed by atoms with van der Waals surface area (Å²) in [5.74, 6) is -0.319. The van der Waals surface area contributed by atoms with E-state index in [4.69, 9.17) is 9.47 Å². The highest BCUT2D eigenvalue weighted by Crippen LogP contribution is 2.29. The number of aldehydes is 1. The van der Waals surface area contributed by atoms with E-state index in [1.807, 2.05) is 27.7 Å². The summed E-state index contributed by atoms with van der Waals surface area (Å²) in [6.45, 7) is 8.35. The van der Waals surface area contributed by atoms with E-state index in [0.29, 0.717) is 6.61 Å². The maximum absolute atomic E-state index is 10.6. The largest absolute Gasteiger partial charge is 0.350 e. The van der Waals surface area contributed by atoms with Crippen molar-refractivity contribution in [1.82, 2.24) is 0 Å². The molecule has 1 rings (SSSR count). The first-order valence-electron chi connectivity index (χ1n) is 4.73. The minimum absolute atomic E-state index is 0.0127. The molecule has 3 atom stereocenters. The van der Waals surface area contributed by atoms with Crippen molar-refractivity contribution < 1.29 is 14.3 Å². The number of rotatable bonds is 2. The number of hydrogen-bond donors (Lipinski definition) is 0. The van der Waals surface area contributed by atoms with Gasteiger partial charge in [0.05, 0.1) is 12.7 Å². The third-order valence-corrected chi connectivity index (χ3v) is 2.41. The molecule has 1 aliphatic rings. The van der Waals surface area contributed by atoms with Gasteiger partial charge in [0, 0.05) is 11.8 Å². The molecule has 0 aliphatic carbocycles. The van der Waals surface area contributed by atoms with E-state index in [9.17, 15) is 4.79 Å². The standard InChI is InChI=1S/C10H18O3/c1-7(5-11)9-8(2)6-12-10(3,4)13-9/h5,7-9H,6H2,1-4H3/t7?,8?,9-/m0/s1. The SMILES string of the molecule is CC(C=O)[C@@H]1OC(C)(C)OCC1C. The first-order chi connectivity index (χ1) is 5.96. The van der Waals surface area contributed by atoms with Crippen molar-refractivity contribution in [2.24, 2.45) is 11.8 Å². The quantitative estimate of drug-likeness (QED) is 0.615. The molecule has 0 aromatic carbocycles. The molecule has 0 N–H and O–H groups in total. The van der Waals surface area contributed by atoms with Gasteiger partial charge in [-0.25, -0.2) is 0 Å². The normalized spacial score (nSPS) is 35.4. The molecule has 13 heavy (non-hydrogen) atoms. The van der Waals surface area contributed by atoms with Crippen LogP contribution in [-0.4, -0.2) is 24.8 Å². The van der Waals surface area contributed by atoms with Crippen LogP contribution in [-0.2, 0) is 14.3 Å². The van der Waals surface area contributed by atoms with Gasteiger partial charge >= 0.3 is 0 Å². The van der Waals surface area contributed by atoms with Crippen molar-refractivity contribution in [1.29, 1.82) is 0 Å².